The summed E-state index contributed by atoms with van der Waals surface area (Å²) in [6.45, 7) is 1.59. The first-order valence-electron chi connectivity index (χ1n) is 8.95. The third-order valence-corrected chi connectivity index (χ3v) is 4.25. The minimum atomic E-state index is -2.57. The van der Waals surface area contributed by atoms with Gasteiger partial charge in [-0.1, -0.05) is 12.1 Å². The predicted molar refractivity (Wildman–Crippen MR) is 108 cm³/mol. The molecular formula is C19H20F2N8O2. The SMILES string of the molecule is C/C(N)=C(\COc1ccc(-n2cnc(C(N)=O)c2)nn1)N(N)c1ccc(C(F)F)cc1. The minimum absolute atomic E-state index is 0.0413. The summed E-state index contributed by atoms with van der Waals surface area (Å²) in [5.41, 5.74) is 12.3. The van der Waals surface area contributed by atoms with E-state index in [0.717, 1.165) is 0 Å². The summed E-state index contributed by atoms with van der Waals surface area (Å²) in [6.07, 6.45) is 0.243. The fourth-order valence-electron chi connectivity index (χ4n) is 2.55. The second-order valence-corrected chi connectivity index (χ2v) is 6.44. The van der Waals surface area contributed by atoms with Crippen molar-refractivity contribution in [2.75, 3.05) is 11.6 Å². The van der Waals surface area contributed by atoms with E-state index < -0.39 is 12.3 Å². The minimum Gasteiger partial charge on any atom is -0.470 e. The van der Waals surface area contributed by atoms with E-state index in [-0.39, 0.29) is 23.7 Å². The number of hydrazine groups is 1. The molecule has 0 radical (unpaired) electrons. The van der Waals surface area contributed by atoms with Crippen molar-refractivity contribution in [3.05, 3.63) is 71.6 Å². The lowest BCUT2D eigenvalue weighted by Crippen LogP contribution is -2.35. The number of aromatic nitrogens is 4. The molecule has 0 saturated carbocycles. The Balaban J connectivity index is 1.68. The molecule has 6 N–H and O–H groups in total. The number of halogens is 2. The van der Waals surface area contributed by atoms with E-state index in [1.54, 1.807) is 19.1 Å². The number of nitrogens with zero attached hydrogens (tertiary/aromatic N) is 5. The van der Waals surface area contributed by atoms with Gasteiger partial charge in [0.25, 0.3) is 12.3 Å². The van der Waals surface area contributed by atoms with Crippen molar-refractivity contribution in [3.8, 4) is 11.7 Å². The maximum atomic E-state index is 12.7. The lowest BCUT2D eigenvalue weighted by molar-refractivity contribution is 0.0996. The van der Waals surface area contributed by atoms with Crippen LogP contribution in [0.2, 0.25) is 0 Å². The predicted octanol–water partition coefficient (Wildman–Crippen LogP) is 1.65. The van der Waals surface area contributed by atoms with Crippen molar-refractivity contribution in [1.29, 1.82) is 0 Å². The number of primary amides is 1. The van der Waals surface area contributed by atoms with Crippen molar-refractivity contribution < 1.29 is 18.3 Å². The summed E-state index contributed by atoms with van der Waals surface area (Å²) in [5, 5.41) is 9.22. The van der Waals surface area contributed by atoms with Gasteiger partial charge < -0.3 is 16.2 Å². The van der Waals surface area contributed by atoms with Crippen LogP contribution in [0.1, 0.15) is 29.4 Å². The number of rotatable bonds is 8. The van der Waals surface area contributed by atoms with Crippen molar-refractivity contribution in [1.82, 2.24) is 19.7 Å². The van der Waals surface area contributed by atoms with E-state index in [1.807, 2.05) is 0 Å². The Labute approximate surface area is 175 Å². The third kappa shape index (κ3) is 5.11. The molecule has 3 aromatic rings. The first kappa shape index (κ1) is 21.6. The molecule has 12 heteroatoms. The van der Waals surface area contributed by atoms with Gasteiger partial charge in [0, 0.05) is 23.5 Å². The van der Waals surface area contributed by atoms with Crippen LogP contribution in [-0.2, 0) is 0 Å². The molecule has 0 saturated heterocycles. The van der Waals surface area contributed by atoms with E-state index in [4.69, 9.17) is 22.0 Å². The summed E-state index contributed by atoms with van der Waals surface area (Å²) in [5.74, 6) is 6.04. The van der Waals surface area contributed by atoms with Gasteiger partial charge in [-0.25, -0.2) is 19.6 Å². The number of carbonyl (C=O) groups is 1. The maximum Gasteiger partial charge on any atom is 0.268 e. The lowest BCUT2D eigenvalue weighted by atomic mass is 10.2. The lowest BCUT2D eigenvalue weighted by Gasteiger charge is -2.23. The van der Waals surface area contributed by atoms with Crippen LogP contribution in [-0.4, -0.2) is 32.3 Å². The first-order valence-corrected chi connectivity index (χ1v) is 8.95. The van der Waals surface area contributed by atoms with Gasteiger partial charge in [-0.05, 0) is 25.1 Å². The molecule has 0 spiro atoms. The summed E-state index contributed by atoms with van der Waals surface area (Å²) >= 11 is 0. The van der Waals surface area contributed by atoms with Crippen molar-refractivity contribution in [2.45, 2.75) is 13.3 Å². The van der Waals surface area contributed by atoms with E-state index >= 15 is 0 Å². The maximum absolute atomic E-state index is 12.7. The normalized spacial score (nSPS) is 11.9. The molecular weight excluding hydrogens is 410 g/mol. The topological polar surface area (TPSA) is 151 Å². The molecule has 1 aromatic carbocycles. The quantitative estimate of drug-likeness (QED) is 0.360. The smallest absolute Gasteiger partial charge is 0.268 e. The van der Waals surface area contributed by atoms with Crippen LogP contribution < -0.4 is 27.1 Å². The highest BCUT2D eigenvalue weighted by atomic mass is 19.3. The number of hydrogen-bond acceptors (Lipinski definition) is 8. The number of benzene rings is 1. The van der Waals surface area contributed by atoms with E-state index in [2.05, 4.69) is 15.2 Å². The Hall–Kier alpha value is -4.06. The Kier molecular flexibility index (Phi) is 6.40. The fraction of sp³-hybridized carbons (Fsp3) is 0.158. The largest absolute Gasteiger partial charge is 0.470 e. The second kappa shape index (κ2) is 9.17. The van der Waals surface area contributed by atoms with Gasteiger partial charge in [0.1, 0.15) is 18.6 Å². The van der Waals surface area contributed by atoms with Crippen molar-refractivity contribution in [3.63, 3.8) is 0 Å². The van der Waals surface area contributed by atoms with E-state index in [1.165, 1.54) is 46.4 Å². The Morgan fingerprint density at radius 2 is 1.87 bits per heavy atom. The van der Waals surface area contributed by atoms with Crippen LogP contribution in [0, 0.1) is 0 Å². The highest BCUT2D eigenvalue weighted by Gasteiger charge is 2.14. The number of amides is 1. The number of allylic oxidation sites excluding steroid dienone is 1. The van der Waals surface area contributed by atoms with E-state index in [9.17, 15) is 13.6 Å². The van der Waals surface area contributed by atoms with Gasteiger partial charge in [0.2, 0.25) is 5.88 Å². The highest BCUT2D eigenvalue weighted by Crippen LogP contribution is 2.23. The van der Waals surface area contributed by atoms with Crippen LogP contribution in [0.4, 0.5) is 14.5 Å². The zero-order valence-electron chi connectivity index (χ0n) is 16.4. The number of anilines is 1. The van der Waals surface area contributed by atoms with Gasteiger partial charge in [-0.3, -0.25) is 14.4 Å². The summed E-state index contributed by atoms with van der Waals surface area (Å²) in [6, 6.07) is 8.67. The molecule has 0 aliphatic carbocycles. The Bertz CT molecular complexity index is 1080. The molecule has 162 valence electrons. The van der Waals surface area contributed by atoms with E-state index in [0.29, 0.717) is 22.9 Å². The molecule has 3 rings (SSSR count). The molecule has 10 nitrogen and oxygen atoms in total. The average Bonchev–Trinajstić information content (AvgIpc) is 3.25. The number of alkyl halides is 2. The molecule has 2 heterocycles. The standard InChI is InChI=1S/C19H20F2N8O2/c1-11(22)15(29(24)13-4-2-12(3-5-13)18(20)21)9-31-17-7-6-16(26-27-17)28-8-14(19(23)30)25-10-28/h2-8,10,18H,9,22,24H2,1H3,(H2,23,30)/b15-11-. The zero-order chi connectivity index (χ0) is 22.5. The molecule has 0 atom stereocenters. The number of imidazole rings is 1. The molecule has 2 aromatic heterocycles. The highest BCUT2D eigenvalue weighted by molar-refractivity contribution is 5.90. The summed E-state index contributed by atoms with van der Waals surface area (Å²) < 4.78 is 32.6. The molecule has 0 aliphatic heterocycles. The van der Waals surface area contributed by atoms with Crippen LogP contribution in [0.15, 0.2) is 60.3 Å². The van der Waals surface area contributed by atoms with Gasteiger partial charge >= 0.3 is 0 Å². The van der Waals surface area contributed by atoms with Gasteiger partial charge in [0.15, 0.2) is 5.82 Å². The van der Waals surface area contributed by atoms with Crippen molar-refractivity contribution >= 4 is 11.6 Å². The Morgan fingerprint density at radius 3 is 2.39 bits per heavy atom. The van der Waals surface area contributed by atoms with Gasteiger partial charge in [0.05, 0.1) is 11.4 Å². The molecule has 31 heavy (non-hydrogen) atoms. The van der Waals surface area contributed by atoms with Gasteiger partial charge in [-0.2, -0.15) is 0 Å². The van der Waals surface area contributed by atoms with Crippen LogP contribution in [0.25, 0.3) is 5.82 Å². The van der Waals surface area contributed by atoms with Crippen LogP contribution in [0.3, 0.4) is 0 Å². The van der Waals surface area contributed by atoms with Crippen molar-refractivity contribution in [2.24, 2.45) is 17.3 Å². The van der Waals surface area contributed by atoms with Crippen LogP contribution in [0.5, 0.6) is 5.88 Å². The summed E-state index contributed by atoms with van der Waals surface area (Å²) in [4.78, 5) is 15.0. The molecule has 0 aliphatic rings. The second-order valence-electron chi connectivity index (χ2n) is 6.44. The molecule has 0 unspecified atom stereocenters. The number of ether oxygens (including phenoxy) is 1. The summed E-state index contributed by atoms with van der Waals surface area (Å²) in [7, 11) is 0. The first-order chi connectivity index (χ1) is 14.8. The number of hydrogen-bond donors (Lipinski definition) is 3. The number of carbonyl (C=O) groups excluding carboxylic acids is 1. The average molecular weight is 430 g/mol. The number of nitrogens with two attached hydrogens (primary N) is 3. The van der Waals surface area contributed by atoms with Crippen LogP contribution >= 0.6 is 0 Å². The fourth-order valence-corrected chi connectivity index (χ4v) is 2.55. The van der Waals surface area contributed by atoms with Gasteiger partial charge in [-0.15, -0.1) is 10.2 Å². The monoisotopic (exact) mass is 430 g/mol. The molecule has 0 bridgehead atoms. The molecule has 1 amide bonds. The molecule has 0 fully saturated rings. The Morgan fingerprint density at radius 1 is 1.16 bits per heavy atom. The zero-order valence-corrected chi connectivity index (χ0v) is 16.4. The third-order valence-electron chi connectivity index (χ3n) is 4.25.